The Kier molecular flexibility index (Phi) is 4.02. The first-order chi connectivity index (χ1) is 12.0. The quantitative estimate of drug-likeness (QED) is 0.805. The second kappa shape index (κ2) is 6.09. The molecule has 1 saturated heterocycles. The summed E-state index contributed by atoms with van der Waals surface area (Å²) < 4.78 is 0. The Balaban J connectivity index is 1.38. The van der Waals surface area contributed by atoms with Gasteiger partial charge in [0.05, 0.1) is 5.69 Å². The summed E-state index contributed by atoms with van der Waals surface area (Å²) in [4.78, 5) is 42.7. The van der Waals surface area contributed by atoms with Crippen LogP contribution >= 0.6 is 11.3 Å². The molecule has 0 unspecified atom stereocenters. The molecule has 1 aromatic heterocycles. The molecule has 2 aliphatic carbocycles. The van der Waals surface area contributed by atoms with Crippen molar-refractivity contribution in [3.8, 4) is 0 Å². The Hall–Kier alpha value is -1.96. The molecule has 3 aliphatic rings. The molecular weight excluding hydrogens is 340 g/mol. The summed E-state index contributed by atoms with van der Waals surface area (Å²) in [5.74, 6) is 0.443. The van der Waals surface area contributed by atoms with Crippen LogP contribution in [0.25, 0.3) is 0 Å². The Bertz CT molecular complexity index is 719. The van der Waals surface area contributed by atoms with Crippen molar-refractivity contribution in [1.82, 2.24) is 15.2 Å². The lowest BCUT2D eigenvalue weighted by Gasteiger charge is -2.33. The Morgan fingerprint density at radius 2 is 2.08 bits per heavy atom. The number of urea groups is 1. The fourth-order valence-electron chi connectivity index (χ4n) is 3.63. The molecule has 1 spiro atoms. The SMILES string of the molecule is CC1CCC2(CC1)NC(=O)N(CC(=O)Nc1nc(C3CC3)cs1)C2=O. The number of nitrogens with one attached hydrogen (secondary N) is 2. The Morgan fingerprint density at radius 3 is 2.76 bits per heavy atom. The van der Waals surface area contributed by atoms with Crippen molar-refractivity contribution >= 4 is 34.3 Å². The molecule has 1 aliphatic heterocycles. The standard InChI is InChI=1S/C17H22N4O3S/c1-10-4-6-17(7-5-10)14(23)21(16(24)20-17)8-13(22)19-15-18-12(9-25-15)11-2-3-11/h9-11H,2-8H2,1H3,(H,20,24)(H,18,19,22). The maximum atomic E-state index is 12.7. The van der Waals surface area contributed by atoms with Crippen LogP contribution < -0.4 is 10.6 Å². The van der Waals surface area contributed by atoms with E-state index in [0.717, 1.165) is 36.3 Å². The number of aromatic nitrogens is 1. The fraction of sp³-hybridized carbons (Fsp3) is 0.647. The third-order valence-electron chi connectivity index (χ3n) is 5.44. The molecular formula is C17H22N4O3S. The number of carbonyl (C=O) groups excluding carboxylic acids is 3. The summed E-state index contributed by atoms with van der Waals surface area (Å²) in [5.41, 5.74) is 0.218. The molecule has 0 aromatic carbocycles. The number of hydrogen-bond acceptors (Lipinski definition) is 5. The second-order valence-electron chi connectivity index (χ2n) is 7.49. The molecule has 0 atom stereocenters. The summed E-state index contributed by atoms with van der Waals surface area (Å²) in [5, 5.41) is 8.02. The average Bonchev–Trinajstić information content (AvgIpc) is 3.29. The number of imide groups is 1. The van der Waals surface area contributed by atoms with Gasteiger partial charge in [0.1, 0.15) is 12.1 Å². The van der Waals surface area contributed by atoms with Gasteiger partial charge in [-0.15, -0.1) is 11.3 Å². The van der Waals surface area contributed by atoms with Crippen LogP contribution in [-0.4, -0.2) is 39.8 Å². The maximum Gasteiger partial charge on any atom is 0.325 e. The zero-order chi connectivity index (χ0) is 17.6. The molecule has 25 heavy (non-hydrogen) atoms. The van der Waals surface area contributed by atoms with Crippen molar-refractivity contribution < 1.29 is 14.4 Å². The van der Waals surface area contributed by atoms with Crippen LogP contribution in [0.3, 0.4) is 0 Å². The first-order valence-corrected chi connectivity index (χ1v) is 9.74. The molecule has 4 amide bonds. The van der Waals surface area contributed by atoms with Crippen LogP contribution in [0.15, 0.2) is 5.38 Å². The molecule has 2 saturated carbocycles. The van der Waals surface area contributed by atoms with Gasteiger partial charge in [0.2, 0.25) is 5.91 Å². The van der Waals surface area contributed by atoms with Gasteiger partial charge in [-0.1, -0.05) is 6.92 Å². The summed E-state index contributed by atoms with van der Waals surface area (Å²) in [6.45, 7) is 1.89. The van der Waals surface area contributed by atoms with E-state index in [9.17, 15) is 14.4 Å². The molecule has 134 valence electrons. The molecule has 0 bridgehead atoms. The minimum absolute atomic E-state index is 0.264. The molecule has 1 aromatic rings. The summed E-state index contributed by atoms with van der Waals surface area (Å²) >= 11 is 1.38. The summed E-state index contributed by atoms with van der Waals surface area (Å²) in [6.07, 6.45) is 5.42. The lowest BCUT2D eigenvalue weighted by Crippen LogP contribution is -2.49. The van der Waals surface area contributed by atoms with Crippen LogP contribution in [0.2, 0.25) is 0 Å². The van der Waals surface area contributed by atoms with E-state index in [-0.39, 0.29) is 18.4 Å². The van der Waals surface area contributed by atoms with E-state index in [1.54, 1.807) is 0 Å². The third-order valence-corrected chi connectivity index (χ3v) is 6.22. The highest BCUT2D eigenvalue weighted by atomic mass is 32.1. The molecule has 2 N–H and O–H groups in total. The van der Waals surface area contributed by atoms with Crippen molar-refractivity contribution in [2.75, 3.05) is 11.9 Å². The number of thiazole rings is 1. The number of amides is 4. The normalized spacial score (nSPS) is 29.2. The van der Waals surface area contributed by atoms with Crippen LogP contribution in [-0.2, 0) is 9.59 Å². The highest BCUT2D eigenvalue weighted by Crippen LogP contribution is 2.41. The van der Waals surface area contributed by atoms with Gasteiger partial charge in [0, 0.05) is 11.3 Å². The van der Waals surface area contributed by atoms with E-state index >= 15 is 0 Å². The minimum atomic E-state index is -0.801. The van der Waals surface area contributed by atoms with Gasteiger partial charge in [-0.3, -0.25) is 14.5 Å². The maximum absolute atomic E-state index is 12.7. The van der Waals surface area contributed by atoms with Gasteiger partial charge in [-0.05, 0) is 44.4 Å². The largest absolute Gasteiger partial charge is 0.325 e. The molecule has 3 fully saturated rings. The smallest absolute Gasteiger partial charge is 0.323 e. The van der Waals surface area contributed by atoms with Crippen LogP contribution in [0.4, 0.5) is 9.93 Å². The number of carbonyl (C=O) groups is 3. The van der Waals surface area contributed by atoms with Crippen molar-refractivity contribution in [3.63, 3.8) is 0 Å². The van der Waals surface area contributed by atoms with Crippen molar-refractivity contribution in [2.45, 2.75) is 56.9 Å². The Morgan fingerprint density at radius 1 is 1.36 bits per heavy atom. The van der Waals surface area contributed by atoms with Crippen molar-refractivity contribution in [3.05, 3.63) is 11.1 Å². The van der Waals surface area contributed by atoms with E-state index in [0.29, 0.717) is 29.8 Å². The van der Waals surface area contributed by atoms with Crippen LogP contribution in [0.5, 0.6) is 0 Å². The van der Waals surface area contributed by atoms with E-state index in [1.165, 1.54) is 11.3 Å². The van der Waals surface area contributed by atoms with E-state index in [1.807, 2.05) is 5.38 Å². The van der Waals surface area contributed by atoms with Crippen molar-refractivity contribution in [2.24, 2.45) is 5.92 Å². The first-order valence-electron chi connectivity index (χ1n) is 8.86. The molecule has 0 radical (unpaired) electrons. The summed E-state index contributed by atoms with van der Waals surface area (Å²) in [6, 6.07) is -0.465. The first kappa shape index (κ1) is 16.5. The number of rotatable bonds is 4. The minimum Gasteiger partial charge on any atom is -0.323 e. The zero-order valence-electron chi connectivity index (χ0n) is 14.2. The van der Waals surface area contributed by atoms with Gasteiger partial charge in [-0.25, -0.2) is 9.78 Å². The average molecular weight is 362 g/mol. The topological polar surface area (TPSA) is 91.4 Å². The Labute approximate surface area is 150 Å². The highest BCUT2D eigenvalue weighted by Gasteiger charge is 2.52. The highest BCUT2D eigenvalue weighted by molar-refractivity contribution is 7.13. The van der Waals surface area contributed by atoms with Crippen LogP contribution in [0.1, 0.15) is 57.1 Å². The lowest BCUT2D eigenvalue weighted by molar-refractivity contribution is -0.135. The van der Waals surface area contributed by atoms with Gasteiger partial charge >= 0.3 is 6.03 Å². The molecule has 7 nitrogen and oxygen atoms in total. The monoisotopic (exact) mass is 362 g/mol. The second-order valence-corrected chi connectivity index (χ2v) is 8.34. The molecule has 2 heterocycles. The predicted molar refractivity (Wildman–Crippen MR) is 93.3 cm³/mol. The van der Waals surface area contributed by atoms with Crippen molar-refractivity contribution in [1.29, 1.82) is 0 Å². The van der Waals surface area contributed by atoms with E-state index < -0.39 is 11.6 Å². The van der Waals surface area contributed by atoms with Gasteiger partial charge in [-0.2, -0.15) is 0 Å². The lowest BCUT2D eigenvalue weighted by atomic mass is 9.77. The van der Waals surface area contributed by atoms with Gasteiger partial charge in [0.25, 0.3) is 5.91 Å². The zero-order valence-corrected chi connectivity index (χ0v) is 15.0. The number of hydrogen-bond donors (Lipinski definition) is 2. The predicted octanol–water partition coefficient (Wildman–Crippen LogP) is 2.46. The van der Waals surface area contributed by atoms with E-state index in [4.69, 9.17) is 0 Å². The number of nitrogens with zero attached hydrogens (tertiary/aromatic N) is 2. The molecule has 4 rings (SSSR count). The third kappa shape index (κ3) is 3.15. The fourth-order valence-corrected chi connectivity index (χ4v) is 4.43. The summed E-state index contributed by atoms with van der Waals surface area (Å²) in [7, 11) is 0. The van der Waals surface area contributed by atoms with Crippen LogP contribution in [0, 0.1) is 5.92 Å². The van der Waals surface area contributed by atoms with Gasteiger partial charge in [0.15, 0.2) is 5.13 Å². The van der Waals surface area contributed by atoms with Gasteiger partial charge < -0.3 is 10.6 Å². The molecule has 8 heteroatoms. The van der Waals surface area contributed by atoms with E-state index in [2.05, 4.69) is 22.5 Å². The number of anilines is 1.